The van der Waals surface area contributed by atoms with Crippen LogP contribution in [0.5, 0.6) is 0 Å². The predicted molar refractivity (Wildman–Crippen MR) is 78.4 cm³/mol. The molecule has 2 N–H and O–H groups in total. The number of nitrogens with zero attached hydrogens (tertiary/aromatic N) is 1. The van der Waals surface area contributed by atoms with E-state index in [0.29, 0.717) is 4.47 Å². The third-order valence-electron chi connectivity index (χ3n) is 3.52. The summed E-state index contributed by atoms with van der Waals surface area (Å²) < 4.78 is 13.9. The van der Waals surface area contributed by atoms with Crippen molar-refractivity contribution < 1.29 is 4.39 Å². The Morgan fingerprint density at radius 3 is 2.78 bits per heavy atom. The van der Waals surface area contributed by atoms with Gasteiger partial charge in [-0.05, 0) is 58.6 Å². The predicted octanol–water partition coefficient (Wildman–Crippen LogP) is 3.18. The van der Waals surface area contributed by atoms with Gasteiger partial charge in [-0.1, -0.05) is 13.0 Å². The fourth-order valence-electron chi connectivity index (χ4n) is 2.32. The van der Waals surface area contributed by atoms with Crippen LogP contribution < -0.4 is 5.73 Å². The van der Waals surface area contributed by atoms with Gasteiger partial charge in [0, 0.05) is 13.1 Å². The van der Waals surface area contributed by atoms with E-state index in [9.17, 15) is 4.39 Å². The number of nitrogens with two attached hydrogens (primary N) is 1. The lowest BCUT2D eigenvalue weighted by molar-refractivity contribution is 0.274. The van der Waals surface area contributed by atoms with Crippen molar-refractivity contribution in [1.82, 2.24) is 4.90 Å². The second-order valence-corrected chi connectivity index (χ2v) is 6.08. The largest absolute Gasteiger partial charge is 0.330 e. The third-order valence-corrected chi connectivity index (χ3v) is 4.16. The van der Waals surface area contributed by atoms with Crippen molar-refractivity contribution in [2.75, 3.05) is 19.6 Å². The van der Waals surface area contributed by atoms with Crippen LogP contribution in [0.1, 0.15) is 18.9 Å². The molecule has 0 aliphatic carbocycles. The smallest absolute Gasteiger partial charge is 0.137 e. The average molecular weight is 338 g/mol. The Labute approximate surface area is 122 Å². The van der Waals surface area contributed by atoms with Crippen LogP contribution in [-0.2, 0) is 6.54 Å². The molecule has 1 aliphatic heterocycles. The Bertz CT molecular complexity index is 416. The van der Waals surface area contributed by atoms with Gasteiger partial charge in [0.2, 0.25) is 0 Å². The molecule has 2 rings (SSSR count). The van der Waals surface area contributed by atoms with Gasteiger partial charge in [-0.25, -0.2) is 4.39 Å². The molecule has 0 bridgehead atoms. The summed E-state index contributed by atoms with van der Waals surface area (Å²) in [6.45, 7) is 5.79. The molecule has 1 aromatic rings. The molecule has 1 aliphatic rings. The Hall–Kier alpha value is -0.160. The Morgan fingerprint density at radius 1 is 1.50 bits per heavy atom. The number of rotatable bonds is 3. The van der Waals surface area contributed by atoms with E-state index in [1.54, 1.807) is 12.1 Å². The molecule has 0 spiro atoms. The molecular weight excluding hydrogens is 319 g/mol. The molecule has 0 saturated carbocycles. The number of hydrogen-bond donors (Lipinski definition) is 1. The van der Waals surface area contributed by atoms with Gasteiger partial charge in [-0.3, -0.25) is 4.90 Å². The molecule has 0 radical (unpaired) electrons. The molecule has 1 saturated heterocycles. The van der Waals surface area contributed by atoms with Crippen LogP contribution in [0.3, 0.4) is 0 Å². The molecule has 1 atom stereocenters. The van der Waals surface area contributed by atoms with Crippen LogP contribution in [0.25, 0.3) is 0 Å². The number of halogens is 3. The fraction of sp³-hybridized carbons (Fsp3) is 0.538. The summed E-state index contributed by atoms with van der Waals surface area (Å²) in [6.07, 6.45) is 1.13. The first-order chi connectivity index (χ1) is 8.02. The van der Waals surface area contributed by atoms with E-state index in [1.807, 2.05) is 6.07 Å². The molecule has 1 fully saturated rings. The second-order valence-electron chi connectivity index (χ2n) is 5.22. The van der Waals surface area contributed by atoms with Crippen LogP contribution in [0.2, 0.25) is 0 Å². The summed E-state index contributed by atoms with van der Waals surface area (Å²) >= 11 is 3.17. The Balaban J connectivity index is 0.00000162. The van der Waals surface area contributed by atoms with Crippen LogP contribution in [0.4, 0.5) is 4.39 Å². The van der Waals surface area contributed by atoms with Crippen molar-refractivity contribution in [3.05, 3.63) is 34.1 Å². The van der Waals surface area contributed by atoms with Crippen molar-refractivity contribution in [2.45, 2.75) is 19.9 Å². The van der Waals surface area contributed by atoms with Gasteiger partial charge in [0.15, 0.2) is 0 Å². The van der Waals surface area contributed by atoms with Crippen LogP contribution >= 0.6 is 28.3 Å². The summed E-state index contributed by atoms with van der Waals surface area (Å²) in [4.78, 5) is 2.34. The molecule has 1 unspecified atom stereocenters. The summed E-state index contributed by atoms with van der Waals surface area (Å²) in [7, 11) is 0. The van der Waals surface area contributed by atoms with Crippen molar-refractivity contribution in [3.8, 4) is 0 Å². The van der Waals surface area contributed by atoms with Crippen molar-refractivity contribution >= 4 is 28.3 Å². The molecule has 1 aromatic carbocycles. The summed E-state index contributed by atoms with van der Waals surface area (Å²) in [5.41, 5.74) is 7.03. The van der Waals surface area contributed by atoms with Crippen molar-refractivity contribution in [2.24, 2.45) is 11.1 Å². The lowest BCUT2D eigenvalue weighted by Crippen LogP contribution is -2.31. The molecular formula is C13H19BrClFN2. The zero-order chi connectivity index (χ0) is 12.5. The van der Waals surface area contributed by atoms with Crippen molar-refractivity contribution in [3.63, 3.8) is 0 Å². The van der Waals surface area contributed by atoms with E-state index < -0.39 is 0 Å². The van der Waals surface area contributed by atoms with Crippen LogP contribution in [-0.4, -0.2) is 24.5 Å². The summed E-state index contributed by atoms with van der Waals surface area (Å²) in [5, 5.41) is 0. The highest BCUT2D eigenvalue weighted by Crippen LogP contribution is 2.29. The van der Waals surface area contributed by atoms with Gasteiger partial charge in [0.25, 0.3) is 0 Å². The molecule has 102 valence electrons. The van der Waals surface area contributed by atoms with E-state index in [0.717, 1.165) is 38.2 Å². The minimum atomic E-state index is -0.191. The van der Waals surface area contributed by atoms with Crippen LogP contribution in [0.15, 0.2) is 22.7 Å². The highest BCUT2D eigenvalue weighted by atomic mass is 79.9. The van der Waals surface area contributed by atoms with E-state index in [-0.39, 0.29) is 23.6 Å². The molecule has 18 heavy (non-hydrogen) atoms. The van der Waals surface area contributed by atoms with E-state index in [1.165, 1.54) is 0 Å². The first-order valence-corrected chi connectivity index (χ1v) is 6.68. The molecule has 2 nitrogen and oxygen atoms in total. The number of likely N-dealkylation sites (tertiary alicyclic amines) is 1. The maximum Gasteiger partial charge on any atom is 0.137 e. The monoisotopic (exact) mass is 336 g/mol. The first kappa shape index (κ1) is 15.9. The fourth-order valence-corrected chi connectivity index (χ4v) is 2.57. The van der Waals surface area contributed by atoms with Gasteiger partial charge in [0.05, 0.1) is 4.47 Å². The highest BCUT2D eigenvalue weighted by molar-refractivity contribution is 9.10. The highest BCUT2D eigenvalue weighted by Gasteiger charge is 2.32. The topological polar surface area (TPSA) is 29.3 Å². The van der Waals surface area contributed by atoms with Gasteiger partial charge in [0.1, 0.15) is 5.82 Å². The molecule has 5 heteroatoms. The molecule has 0 amide bonds. The minimum Gasteiger partial charge on any atom is -0.330 e. The zero-order valence-electron chi connectivity index (χ0n) is 10.5. The normalized spacial score (nSPS) is 24.0. The minimum absolute atomic E-state index is 0. The van der Waals surface area contributed by atoms with E-state index >= 15 is 0 Å². The van der Waals surface area contributed by atoms with E-state index in [4.69, 9.17) is 5.73 Å². The van der Waals surface area contributed by atoms with Gasteiger partial charge in [-0.2, -0.15) is 0 Å². The summed E-state index contributed by atoms with van der Waals surface area (Å²) in [6, 6.07) is 5.33. The number of hydrogen-bond acceptors (Lipinski definition) is 2. The first-order valence-electron chi connectivity index (χ1n) is 5.89. The van der Waals surface area contributed by atoms with E-state index in [2.05, 4.69) is 27.8 Å². The van der Waals surface area contributed by atoms with Gasteiger partial charge >= 0.3 is 0 Å². The van der Waals surface area contributed by atoms with Gasteiger partial charge < -0.3 is 5.73 Å². The molecule has 0 aromatic heterocycles. The SMILES string of the molecule is CC1(CN)CCN(Cc2ccc(Br)c(F)c2)C1.Cl. The summed E-state index contributed by atoms with van der Waals surface area (Å²) in [5.74, 6) is -0.191. The lowest BCUT2D eigenvalue weighted by atomic mass is 9.90. The zero-order valence-corrected chi connectivity index (χ0v) is 12.9. The second kappa shape index (κ2) is 6.33. The van der Waals surface area contributed by atoms with Crippen molar-refractivity contribution in [1.29, 1.82) is 0 Å². The standard InChI is InChI=1S/C13H18BrFN2.ClH/c1-13(8-16)4-5-17(9-13)7-10-2-3-11(14)12(15)6-10;/h2-3,6H,4-5,7-9,16H2,1H3;1H. The Kier molecular flexibility index (Phi) is 5.59. The van der Waals surface area contributed by atoms with Crippen LogP contribution in [0, 0.1) is 11.2 Å². The Morgan fingerprint density at radius 2 is 2.22 bits per heavy atom. The van der Waals surface area contributed by atoms with Gasteiger partial charge in [-0.15, -0.1) is 12.4 Å². The quantitative estimate of drug-likeness (QED) is 0.918. The molecule has 1 heterocycles. The maximum atomic E-state index is 13.4. The average Bonchev–Trinajstić information content (AvgIpc) is 2.67. The maximum absolute atomic E-state index is 13.4. The number of benzene rings is 1. The lowest BCUT2D eigenvalue weighted by Gasteiger charge is -2.22. The third kappa shape index (κ3) is 3.67.